The Bertz CT molecular complexity index is 707. The summed E-state index contributed by atoms with van der Waals surface area (Å²) in [6.07, 6.45) is 3.51. The first-order valence-electron chi connectivity index (χ1n) is 7.95. The zero-order chi connectivity index (χ0) is 16.8. The summed E-state index contributed by atoms with van der Waals surface area (Å²) in [4.78, 5) is 13.1. The van der Waals surface area contributed by atoms with E-state index in [1.807, 2.05) is 12.1 Å². The second kappa shape index (κ2) is 7.70. The van der Waals surface area contributed by atoms with E-state index < -0.39 is 5.82 Å². The third kappa shape index (κ3) is 3.78. The van der Waals surface area contributed by atoms with Gasteiger partial charge in [-0.15, -0.1) is 0 Å². The van der Waals surface area contributed by atoms with Gasteiger partial charge >= 0.3 is 0 Å². The topological polar surface area (TPSA) is 68.1 Å². The number of anilines is 2. The number of nitriles is 1. The highest BCUT2D eigenvalue weighted by Crippen LogP contribution is 2.17. The highest BCUT2D eigenvalue weighted by atomic mass is 19.1. The summed E-state index contributed by atoms with van der Waals surface area (Å²) in [7, 11) is 0. The van der Waals surface area contributed by atoms with Gasteiger partial charge in [-0.05, 0) is 18.2 Å². The third-order valence-electron chi connectivity index (χ3n) is 4.08. The zero-order valence-electron chi connectivity index (χ0n) is 13.3. The van der Waals surface area contributed by atoms with Crippen LogP contribution >= 0.6 is 0 Å². The number of nitrogens with one attached hydrogen (secondary N) is 1. The van der Waals surface area contributed by atoms with Crippen molar-refractivity contribution in [2.24, 2.45) is 0 Å². The van der Waals surface area contributed by atoms with Gasteiger partial charge in [-0.2, -0.15) is 5.26 Å². The monoisotopic (exact) mass is 326 g/mol. The van der Waals surface area contributed by atoms with Crippen LogP contribution in [0.1, 0.15) is 5.56 Å². The number of aromatic nitrogens is 2. The van der Waals surface area contributed by atoms with Crippen LogP contribution in [-0.4, -0.2) is 54.1 Å². The standard InChI is InChI=1S/C17H19FN6/c18-15-3-1-4-16(14(15)13-19)20-7-8-23-9-11-24(12-10-23)17-21-5-2-6-22-17/h1-6,20H,7-12H2. The van der Waals surface area contributed by atoms with E-state index in [4.69, 9.17) is 5.26 Å². The van der Waals surface area contributed by atoms with E-state index in [9.17, 15) is 4.39 Å². The number of rotatable bonds is 5. The molecule has 7 heteroatoms. The molecule has 0 amide bonds. The van der Waals surface area contributed by atoms with Crippen molar-refractivity contribution in [1.29, 1.82) is 5.26 Å². The van der Waals surface area contributed by atoms with Crippen LogP contribution in [0.4, 0.5) is 16.0 Å². The van der Waals surface area contributed by atoms with Gasteiger partial charge in [-0.1, -0.05) is 6.07 Å². The minimum Gasteiger partial charge on any atom is -0.383 e. The SMILES string of the molecule is N#Cc1c(F)cccc1NCCN1CCN(c2ncccn2)CC1. The first kappa shape index (κ1) is 16.1. The van der Waals surface area contributed by atoms with Crippen molar-refractivity contribution in [3.63, 3.8) is 0 Å². The minimum absolute atomic E-state index is 0.0727. The van der Waals surface area contributed by atoms with Crippen molar-refractivity contribution in [3.8, 4) is 6.07 Å². The van der Waals surface area contributed by atoms with Crippen LogP contribution in [0.3, 0.4) is 0 Å². The average molecular weight is 326 g/mol. The van der Waals surface area contributed by atoms with Crippen molar-refractivity contribution in [3.05, 3.63) is 48.0 Å². The van der Waals surface area contributed by atoms with Crippen molar-refractivity contribution in [1.82, 2.24) is 14.9 Å². The number of benzene rings is 1. The smallest absolute Gasteiger partial charge is 0.225 e. The Balaban J connectivity index is 1.46. The second-order valence-electron chi connectivity index (χ2n) is 5.58. The molecule has 24 heavy (non-hydrogen) atoms. The van der Waals surface area contributed by atoms with Gasteiger partial charge in [0, 0.05) is 51.7 Å². The van der Waals surface area contributed by atoms with Crippen molar-refractivity contribution >= 4 is 11.6 Å². The Hall–Kier alpha value is -2.72. The first-order valence-corrected chi connectivity index (χ1v) is 7.95. The molecule has 1 N–H and O–H groups in total. The molecule has 0 bridgehead atoms. The van der Waals surface area contributed by atoms with Crippen LogP contribution in [0, 0.1) is 17.1 Å². The van der Waals surface area contributed by atoms with Gasteiger partial charge in [0.05, 0.1) is 5.69 Å². The van der Waals surface area contributed by atoms with Gasteiger partial charge < -0.3 is 10.2 Å². The van der Waals surface area contributed by atoms with Crippen molar-refractivity contribution in [2.75, 3.05) is 49.5 Å². The Morgan fingerprint density at radius 2 is 1.88 bits per heavy atom. The fraction of sp³-hybridized carbons (Fsp3) is 0.353. The average Bonchev–Trinajstić information content (AvgIpc) is 2.63. The van der Waals surface area contributed by atoms with Crippen LogP contribution in [0.5, 0.6) is 0 Å². The summed E-state index contributed by atoms with van der Waals surface area (Å²) in [5, 5.41) is 12.2. The van der Waals surface area contributed by atoms with E-state index >= 15 is 0 Å². The Morgan fingerprint density at radius 1 is 1.12 bits per heavy atom. The largest absolute Gasteiger partial charge is 0.383 e. The highest BCUT2D eigenvalue weighted by molar-refractivity contribution is 5.57. The lowest BCUT2D eigenvalue weighted by atomic mass is 10.2. The molecular formula is C17H19FN6. The quantitative estimate of drug-likeness (QED) is 0.902. The van der Waals surface area contributed by atoms with Gasteiger partial charge in [-0.3, -0.25) is 4.90 Å². The normalized spacial score (nSPS) is 15.1. The van der Waals surface area contributed by atoms with Gasteiger partial charge in [0.25, 0.3) is 0 Å². The number of hydrogen-bond donors (Lipinski definition) is 1. The summed E-state index contributed by atoms with van der Waals surface area (Å²) in [6.45, 7) is 5.12. The number of halogens is 1. The summed E-state index contributed by atoms with van der Waals surface area (Å²) < 4.78 is 13.5. The molecule has 0 spiro atoms. The van der Waals surface area contributed by atoms with Crippen molar-refractivity contribution < 1.29 is 4.39 Å². The lowest BCUT2D eigenvalue weighted by Crippen LogP contribution is -2.48. The number of piperazine rings is 1. The van der Waals surface area contributed by atoms with E-state index in [-0.39, 0.29) is 5.56 Å². The third-order valence-corrected chi connectivity index (χ3v) is 4.08. The molecule has 0 atom stereocenters. The van der Waals surface area contributed by atoms with E-state index in [1.165, 1.54) is 6.07 Å². The highest BCUT2D eigenvalue weighted by Gasteiger charge is 2.18. The van der Waals surface area contributed by atoms with Crippen LogP contribution in [0.25, 0.3) is 0 Å². The van der Waals surface area contributed by atoms with Crippen LogP contribution in [-0.2, 0) is 0 Å². The molecule has 1 aromatic heterocycles. The predicted octanol–water partition coefficient (Wildman–Crippen LogP) is 1.72. The zero-order valence-corrected chi connectivity index (χ0v) is 13.3. The van der Waals surface area contributed by atoms with E-state index in [0.717, 1.165) is 38.7 Å². The van der Waals surface area contributed by atoms with E-state index in [2.05, 4.69) is 25.1 Å². The Labute approximate surface area is 140 Å². The second-order valence-corrected chi connectivity index (χ2v) is 5.58. The Morgan fingerprint density at radius 3 is 2.58 bits per heavy atom. The summed E-state index contributed by atoms with van der Waals surface area (Å²) in [6, 6.07) is 8.35. The van der Waals surface area contributed by atoms with Gasteiger partial charge in [-0.25, -0.2) is 14.4 Å². The molecule has 1 aliphatic rings. The minimum atomic E-state index is -0.487. The fourth-order valence-electron chi connectivity index (χ4n) is 2.76. The predicted molar refractivity (Wildman–Crippen MR) is 90.3 cm³/mol. The molecule has 2 heterocycles. The fourth-order valence-corrected chi connectivity index (χ4v) is 2.76. The molecule has 0 saturated carbocycles. The molecular weight excluding hydrogens is 307 g/mol. The maximum Gasteiger partial charge on any atom is 0.225 e. The molecule has 1 aromatic carbocycles. The van der Waals surface area contributed by atoms with Gasteiger partial charge in [0.15, 0.2) is 0 Å². The summed E-state index contributed by atoms with van der Waals surface area (Å²) in [5.41, 5.74) is 0.623. The molecule has 3 rings (SSSR count). The molecule has 0 radical (unpaired) electrons. The van der Waals surface area contributed by atoms with Crippen LogP contribution < -0.4 is 10.2 Å². The summed E-state index contributed by atoms with van der Waals surface area (Å²) >= 11 is 0. The maximum atomic E-state index is 13.5. The first-order chi connectivity index (χ1) is 11.8. The molecule has 0 unspecified atom stereocenters. The summed E-state index contributed by atoms with van der Waals surface area (Å²) in [5.74, 6) is 0.285. The lowest BCUT2D eigenvalue weighted by Gasteiger charge is -2.34. The molecule has 1 aliphatic heterocycles. The lowest BCUT2D eigenvalue weighted by molar-refractivity contribution is 0.266. The number of hydrogen-bond acceptors (Lipinski definition) is 6. The van der Waals surface area contributed by atoms with Crippen molar-refractivity contribution in [2.45, 2.75) is 0 Å². The van der Waals surface area contributed by atoms with Gasteiger partial charge in [0.2, 0.25) is 5.95 Å². The van der Waals surface area contributed by atoms with Gasteiger partial charge in [0.1, 0.15) is 17.4 Å². The van der Waals surface area contributed by atoms with E-state index in [1.54, 1.807) is 24.5 Å². The molecule has 124 valence electrons. The van der Waals surface area contributed by atoms with E-state index in [0.29, 0.717) is 12.2 Å². The molecule has 1 saturated heterocycles. The number of nitrogens with zero attached hydrogens (tertiary/aromatic N) is 5. The van der Waals surface area contributed by atoms with Crippen LogP contribution in [0.2, 0.25) is 0 Å². The molecule has 1 fully saturated rings. The molecule has 0 aliphatic carbocycles. The Kier molecular flexibility index (Phi) is 5.18. The molecule has 2 aromatic rings. The maximum absolute atomic E-state index is 13.5. The molecule has 6 nitrogen and oxygen atoms in total. The van der Waals surface area contributed by atoms with Crippen LogP contribution in [0.15, 0.2) is 36.7 Å².